The average molecular weight is 880 g/mol. The summed E-state index contributed by atoms with van der Waals surface area (Å²) in [4.78, 5) is 6.48. The number of hydrogen-bond donors (Lipinski definition) is 0. The fraction of sp³-hybridized carbons (Fsp3) is 1.00. The van der Waals surface area contributed by atoms with Crippen LogP contribution in [-0.2, 0) is 0 Å². The lowest BCUT2D eigenvalue weighted by atomic mass is 9.45. The summed E-state index contributed by atoms with van der Waals surface area (Å²) < 4.78 is 0. The molecule has 11 saturated carbocycles. The van der Waals surface area contributed by atoms with Crippen LogP contribution >= 0.6 is 0 Å². The van der Waals surface area contributed by atoms with Crippen molar-refractivity contribution in [3.05, 3.63) is 0 Å². The number of hydrogen-bond acceptors (Lipinski definition) is 2. The second-order valence-corrected chi connectivity index (χ2v) is 26.9. The van der Waals surface area contributed by atoms with E-state index in [-0.39, 0.29) is 0 Å². The summed E-state index contributed by atoms with van der Waals surface area (Å²) in [6, 6.07) is 5.62. The Morgan fingerprint density at radius 2 is 0.344 bits per heavy atom. The molecule has 0 amide bonds. The van der Waals surface area contributed by atoms with Gasteiger partial charge in [0.2, 0.25) is 0 Å². The lowest BCUT2D eigenvalue weighted by Crippen LogP contribution is -2.54. The zero-order chi connectivity index (χ0) is 42.7. The molecule has 2 nitrogen and oxygen atoms in total. The summed E-state index contributed by atoms with van der Waals surface area (Å²) in [6.45, 7) is 0. The third-order valence-electron chi connectivity index (χ3n) is 24.1. The minimum absolute atomic E-state index is 0.934. The molecule has 2 heteroatoms. The third-order valence-corrected chi connectivity index (χ3v) is 24.1. The number of rotatable bonds is 10. The van der Waals surface area contributed by atoms with Gasteiger partial charge >= 0.3 is 0 Å². The molecule has 0 spiro atoms. The Morgan fingerprint density at radius 3 is 0.594 bits per heavy atom. The molecule has 11 aliphatic carbocycles. The minimum Gasteiger partial charge on any atom is -0.294 e. The topological polar surface area (TPSA) is 6.48 Å². The van der Waals surface area contributed by atoms with Gasteiger partial charge in [0.1, 0.15) is 0 Å². The van der Waals surface area contributed by atoms with Crippen molar-refractivity contribution < 1.29 is 0 Å². The molecule has 0 N–H and O–H groups in total. The van der Waals surface area contributed by atoms with Gasteiger partial charge in [0.05, 0.1) is 0 Å². The minimum atomic E-state index is 0.934. The van der Waals surface area contributed by atoms with Crippen LogP contribution in [0.3, 0.4) is 0 Å². The predicted molar refractivity (Wildman–Crippen MR) is 271 cm³/mol. The molecule has 0 bridgehead atoms. The first-order valence-electron chi connectivity index (χ1n) is 31.3. The highest BCUT2D eigenvalue weighted by atomic mass is 15.2. The van der Waals surface area contributed by atoms with Crippen molar-refractivity contribution in [2.75, 3.05) is 0 Å². The highest BCUT2D eigenvalue weighted by Crippen LogP contribution is 2.63. The third kappa shape index (κ3) is 10.2. The molecule has 0 saturated heterocycles. The van der Waals surface area contributed by atoms with Gasteiger partial charge < -0.3 is 0 Å². The summed E-state index contributed by atoms with van der Waals surface area (Å²) in [5.74, 6) is 13.2. The number of nitrogens with zero attached hydrogens (tertiary/aromatic N) is 2. The van der Waals surface area contributed by atoms with Gasteiger partial charge in [0, 0.05) is 36.3 Å². The molecule has 0 radical (unpaired) electrons. The fourth-order valence-electron chi connectivity index (χ4n) is 21.4. The van der Waals surface area contributed by atoms with Gasteiger partial charge in [-0.05, 0) is 251 Å². The van der Waals surface area contributed by atoms with Crippen LogP contribution in [0.2, 0.25) is 0 Å². The molecule has 11 rings (SSSR count). The molecule has 11 aliphatic rings. The molecule has 64 heavy (non-hydrogen) atoms. The van der Waals surface area contributed by atoms with Crippen LogP contribution in [0.1, 0.15) is 283 Å². The highest BCUT2D eigenvalue weighted by Gasteiger charge is 2.55. The van der Waals surface area contributed by atoms with E-state index in [1.54, 1.807) is 154 Å². The summed E-state index contributed by atoms with van der Waals surface area (Å²) in [5.41, 5.74) is 0. The predicted octanol–water partition coefficient (Wildman–Crippen LogP) is 17.5. The van der Waals surface area contributed by atoms with E-state index >= 15 is 0 Å². The van der Waals surface area contributed by atoms with Crippen LogP contribution in [0, 0.1) is 71.0 Å². The Bertz CT molecular complexity index is 1190. The summed E-state index contributed by atoms with van der Waals surface area (Å²) >= 11 is 0. The van der Waals surface area contributed by atoms with Crippen LogP contribution < -0.4 is 0 Å². The van der Waals surface area contributed by atoms with E-state index in [2.05, 4.69) is 9.80 Å². The monoisotopic (exact) mass is 879 g/mol. The molecule has 0 aromatic carbocycles. The summed E-state index contributed by atoms with van der Waals surface area (Å²) in [5, 5.41) is 0. The standard InChI is InChI=1S/C62H106N2/c1-5-17-51(18-6-1)63(52-19-7-2-8-20-52)55-41-37-47(38-42-55)45-29-33-49(34-30-45)61-57-25-13-15-27-59(57)62(60-28-16-14-26-58(60)61)50-35-31-46(32-36-50)48-39-43-56(44-40-48)64(53-21-9-3-10-22-53)54-23-11-4-12-24-54/h45-62H,1-44H2. The molecule has 0 aromatic rings. The van der Waals surface area contributed by atoms with E-state index in [1.807, 2.05) is 0 Å². The van der Waals surface area contributed by atoms with Crippen LogP contribution in [0.25, 0.3) is 0 Å². The molecule has 4 unspecified atom stereocenters. The molecule has 0 aliphatic heterocycles. The van der Waals surface area contributed by atoms with Gasteiger partial charge in [-0.2, -0.15) is 0 Å². The lowest BCUT2D eigenvalue weighted by Gasteiger charge is -2.60. The molecule has 11 fully saturated rings. The summed E-state index contributed by atoms with van der Waals surface area (Å²) in [6.07, 6.45) is 68.7. The molecular weight excluding hydrogens is 773 g/mol. The van der Waals surface area contributed by atoms with Crippen molar-refractivity contribution in [1.29, 1.82) is 0 Å². The van der Waals surface area contributed by atoms with E-state index in [9.17, 15) is 0 Å². The molecule has 4 atom stereocenters. The van der Waals surface area contributed by atoms with E-state index in [0.717, 1.165) is 107 Å². The maximum absolute atomic E-state index is 3.24. The largest absolute Gasteiger partial charge is 0.294 e. The fourth-order valence-corrected chi connectivity index (χ4v) is 21.4. The van der Waals surface area contributed by atoms with Gasteiger partial charge in [-0.15, -0.1) is 0 Å². The van der Waals surface area contributed by atoms with Crippen molar-refractivity contribution in [3.8, 4) is 0 Å². The zero-order valence-electron chi connectivity index (χ0n) is 42.4. The lowest BCUT2D eigenvalue weighted by molar-refractivity contribution is -0.116. The molecular formula is C62H106N2. The Kier molecular flexibility index (Phi) is 16.2. The Hall–Kier alpha value is -0.0800. The van der Waals surface area contributed by atoms with E-state index in [0.29, 0.717) is 0 Å². The maximum atomic E-state index is 3.24. The van der Waals surface area contributed by atoms with Crippen LogP contribution in [0.5, 0.6) is 0 Å². The Morgan fingerprint density at radius 1 is 0.156 bits per heavy atom. The van der Waals surface area contributed by atoms with Gasteiger partial charge in [0.25, 0.3) is 0 Å². The quantitative estimate of drug-likeness (QED) is 0.216. The van der Waals surface area contributed by atoms with Gasteiger partial charge in [-0.3, -0.25) is 9.80 Å². The van der Waals surface area contributed by atoms with Gasteiger partial charge in [-0.1, -0.05) is 103 Å². The van der Waals surface area contributed by atoms with Crippen molar-refractivity contribution in [3.63, 3.8) is 0 Å². The smallest absolute Gasteiger partial charge is 0.0101 e. The molecule has 364 valence electrons. The Labute approximate surface area is 397 Å². The van der Waals surface area contributed by atoms with Crippen LogP contribution in [-0.4, -0.2) is 46.1 Å². The van der Waals surface area contributed by atoms with E-state index < -0.39 is 0 Å². The SMILES string of the molecule is C1CCC(N(C2CCCCC2)C2CCC(C3CCC(C4C5CCCCC5C(C5CCC(C6CCC(N(C7CCCCC7)C7CCCCC7)CC6)CC5)C5CCCCC54)CC3)CC2)CC1. The van der Waals surface area contributed by atoms with Gasteiger partial charge in [0.15, 0.2) is 0 Å². The zero-order valence-corrected chi connectivity index (χ0v) is 42.4. The van der Waals surface area contributed by atoms with Crippen molar-refractivity contribution >= 4 is 0 Å². The summed E-state index contributed by atoms with van der Waals surface area (Å²) in [7, 11) is 0. The molecule has 0 heterocycles. The van der Waals surface area contributed by atoms with Gasteiger partial charge in [-0.25, -0.2) is 0 Å². The van der Waals surface area contributed by atoms with E-state index in [1.165, 1.54) is 128 Å². The first kappa shape index (κ1) is 46.3. The van der Waals surface area contributed by atoms with Crippen LogP contribution in [0.15, 0.2) is 0 Å². The second kappa shape index (κ2) is 22.3. The first-order chi connectivity index (χ1) is 31.8. The first-order valence-corrected chi connectivity index (χ1v) is 31.3. The maximum Gasteiger partial charge on any atom is 0.0101 e. The highest BCUT2D eigenvalue weighted by molar-refractivity contribution is 5.05. The van der Waals surface area contributed by atoms with Crippen molar-refractivity contribution in [2.45, 2.75) is 319 Å². The second-order valence-electron chi connectivity index (χ2n) is 26.9. The Balaban J connectivity index is 0.688. The van der Waals surface area contributed by atoms with Crippen LogP contribution in [0.4, 0.5) is 0 Å². The average Bonchev–Trinajstić information content (AvgIpc) is 3.38. The van der Waals surface area contributed by atoms with Crippen molar-refractivity contribution in [2.24, 2.45) is 71.0 Å². The number of fused-ring (bicyclic) bond motifs is 2. The normalized spacial score (nSPS) is 44.3. The van der Waals surface area contributed by atoms with E-state index in [4.69, 9.17) is 0 Å². The molecule has 0 aromatic heterocycles. The van der Waals surface area contributed by atoms with Crippen molar-refractivity contribution in [1.82, 2.24) is 9.80 Å².